The summed E-state index contributed by atoms with van der Waals surface area (Å²) >= 11 is 1.64. The SMILES string of the molecule is CC1(C)OB(c2ccc(-n3cccn3)s2)OC1(C)C. The fraction of sp³-hybridized carbons (Fsp3) is 0.462. The first-order valence-electron chi connectivity index (χ1n) is 6.34. The summed E-state index contributed by atoms with van der Waals surface area (Å²) in [6.07, 6.45) is 3.70. The minimum atomic E-state index is -0.298. The molecule has 0 bridgehead atoms. The van der Waals surface area contributed by atoms with E-state index in [0.29, 0.717) is 0 Å². The van der Waals surface area contributed by atoms with Crippen LogP contribution >= 0.6 is 11.3 Å². The van der Waals surface area contributed by atoms with Crippen molar-refractivity contribution in [2.24, 2.45) is 0 Å². The quantitative estimate of drug-likeness (QED) is 0.789. The Morgan fingerprint density at radius 3 is 2.42 bits per heavy atom. The maximum Gasteiger partial charge on any atom is 0.505 e. The molecule has 0 unspecified atom stereocenters. The van der Waals surface area contributed by atoms with E-state index < -0.39 is 0 Å². The van der Waals surface area contributed by atoms with Crippen molar-refractivity contribution < 1.29 is 9.31 Å². The number of hydrogen-bond donors (Lipinski definition) is 0. The van der Waals surface area contributed by atoms with Gasteiger partial charge in [-0.15, -0.1) is 11.3 Å². The lowest BCUT2D eigenvalue weighted by Gasteiger charge is -2.32. The molecule has 4 nitrogen and oxygen atoms in total. The smallest absolute Gasteiger partial charge is 0.399 e. The summed E-state index contributed by atoms with van der Waals surface area (Å²) in [7, 11) is -0.292. The molecular formula is C13H17BN2O2S. The van der Waals surface area contributed by atoms with E-state index in [0.717, 1.165) is 9.78 Å². The van der Waals surface area contributed by atoms with E-state index >= 15 is 0 Å². The Morgan fingerprint density at radius 1 is 1.16 bits per heavy atom. The fourth-order valence-corrected chi connectivity index (χ4v) is 2.86. The van der Waals surface area contributed by atoms with E-state index in [4.69, 9.17) is 9.31 Å². The predicted octanol–water partition coefficient (Wildman–Crippen LogP) is 2.23. The van der Waals surface area contributed by atoms with Crippen LogP contribution in [-0.4, -0.2) is 28.1 Å². The Hall–Kier alpha value is -1.11. The molecule has 2 aromatic rings. The zero-order chi connectivity index (χ0) is 13.7. The van der Waals surface area contributed by atoms with Gasteiger partial charge in [0.15, 0.2) is 0 Å². The van der Waals surface area contributed by atoms with Crippen molar-refractivity contribution in [1.29, 1.82) is 0 Å². The lowest BCUT2D eigenvalue weighted by molar-refractivity contribution is 0.00578. The number of thiophene rings is 1. The van der Waals surface area contributed by atoms with Crippen molar-refractivity contribution in [3.05, 3.63) is 30.6 Å². The topological polar surface area (TPSA) is 36.3 Å². The van der Waals surface area contributed by atoms with Crippen LogP contribution in [0.15, 0.2) is 30.6 Å². The molecule has 0 spiro atoms. The molecule has 0 amide bonds. The van der Waals surface area contributed by atoms with Crippen molar-refractivity contribution in [3.8, 4) is 5.00 Å². The van der Waals surface area contributed by atoms with Gasteiger partial charge in [-0.3, -0.25) is 0 Å². The van der Waals surface area contributed by atoms with Crippen molar-refractivity contribution >= 4 is 23.2 Å². The minimum Gasteiger partial charge on any atom is -0.399 e. The van der Waals surface area contributed by atoms with Crippen LogP contribution in [0.25, 0.3) is 5.00 Å². The molecule has 3 heterocycles. The van der Waals surface area contributed by atoms with Gasteiger partial charge in [-0.1, -0.05) is 0 Å². The predicted molar refractivity (Wildman–Crippen MR) is 77.2 cm³/mol. The van der Waals surface area contributed by atoms with Crippen LogP contribution < -0.4 is 4.78 Å². The van der Waals surface area contributed by atoms with Gasteiger partial charge in [0.25, 0.3) is 0 Å². The van der Waals surface area contributed by atoms with Gasteiger partial charge >= 0.3 is 7.12 Å². The highest BCUT2D eigenvalue weighted by Gasteiger charge is 2.52. The third-order valence-electron chi connectivity index (χ3n) is 3.83. The summed E-state index contributed by atoms with van der Waals surface area (Å²) in [5.74, 6) is 0. The van der Waals surface area contributed by atoms with Gasteiger partial charge < -0.3 is 9.31 Å². The molecule has 0 radical (unpaired) electrons. The standard InChI is InChI=1S/C13H17BN2O2S/c1-12(2)13(3,4)18-14(17-12)10-6-7-11(19-10)16-9-5-8-15-16/h5-9H,1-4H3. The number of nitrogens with zero attached hydrogens (tertiary/aromatic N) is 2. The summed E-state index contributed by atoms with van der Waals surface area (Å²) in [5, 5.41) is 5.29. The molecule has 100 valence electrons. The van der Waals surface area contributed by atoms with Crippen molar-refractivity contribution in [2.75, 3.05) is 0 Å². The Morgan fingerprint density at radius 2 is 1.84 bits per heavy atom. The summed E-state index contributed by atoms with van der Waals surface area (Å²) in [4.78, 5) is 0. The van der Waals surface area contributed by atoms with Crippen LogP contribution in [0, 0.1) is 0 Å². The molecule has 0 atom stereocenters. The Labute approximate surface area is 117 Å². The van der Waals surface area contributed by atoms with E-state index in [-0.39, 0.29) is 18.3 Å². The van der Waals surface area contributed by atoms with Crippen molar-refractivity contribution in [1.82, 2.24) is 9.78 Å². The monoisotopic (exact) mass is 276 g/mol. The number of aromatic nitrogens is 2. The number of hydrogen-bond acceptors (Lipinski definition) is 4. The first-order valence-corrected chi connectivity index (χ1v) is 7.16. The lowest BCUT2D eigenvalue weighted by atomic mass is 9.88. The molecular weight excluding hydrogens is 259 g/mol. The Balaban J connectivity index is 1.85. The molecule has 1 aliphatic rings. The molecule has 0 saturated carbocycles. The highest BCUT2D eigenvalue weighted by molar-refractivity contribution is 7.24. The van der Waals surface area contributed by atoms with Crippen LogP contribution in [0.2, 0.25) is 0 Å². The summed E-state index contributed by atoms with van der Waals surface area (Å²) in [6.45, 7) is 8.26. The van der Waals surface area contributed by atoms with Gasteiger partial charge in [-0.25, -0.2) is 4.68 Å². The van der Waals surface area contributed by atoms with Crippen LogP contribution in [0.3, 0.4) is 0 Å². The van der Waals surface area contributed by atoms with Crippen molar-refractivity contribution in [2.45, 2.75) is 38.9 Å². The van der Waals surface area contributed by atoms with Gasteiger partial charge in [0.2, 0.25) is 0 Å². The molecule has 6 heteroatoms. The summed E-state index contributed by atoms with van der Waals surface area (Å²) in [6, 6.07) is 6.00. The van der Waals surface area contributed by atoms with E-state index in [9.17, 15) is 0 Å². The van der Waals surface area contributed by atoms with Crippen LogP contribution in [0.1, 0.15) is 27.7 Å². The van der Waals surface area contributed by atoms with Crippen LogP contribution in [0.5, 0.6) is 0 Å². The second kappa shape index (κ2) is 4.20. The van der Waals surface area contributed by atoms with E-state index in [2.05, 4.69) is 32.8 Å². The Bertz CT molecular complexity index is 561. The average molecular weight is 276 g/mol. The molecule has 3 rings (SSSR count). The summed E-state index contributed by atoms with van der Waals surface area (Å²) < 4.78 is 15.0. The van der Waals surface area contributed by atoms with Gasteiger partial charge in [0, 0.05) is 17.2 Å². The van der Waals surface area contributed by atoms with Crippen LogP contribution in [0.4, 0.5) is 0 Å². The largest absolute Gasteiger partial charge is 0.505 e. The van der Waals surface area contributed by atoms with E-state index in [1.54, 1.807) is 17.5 Å². The molecule has 0 aromatic carbocycles. The highest BCUT2D eigenvalue weighted by Crippen LogP contribution is 2.37. The Kier molecular flexibility index (Phi) is 2.85. The van der Waals surface area contributed by atoms with E-state index in [1.165, 1.54) is 0 Å². The fourth-order valence-electron chi connectivity index (χ4n) is 1.95. The maximum atomic E-state index is 6.04. The minimum absolute atomic E-state index is 0.292. The molecule has 1 fully saturated rings. The second-order valence-corrected chi connectivity index (χ2v) is 6.81. The average Bonchev–Trinajstić information content (AvgIpc) is 3.00. The lowest BCUT2D eigenvalue weighted by Crippen LogP contribution is -2.41. The molecule has 1 saturated heterocycles. The number of rotatable bonds is 2. The normalized spacial score (nSPS) is 20.9. The molecule has 0 N–H and O–H groups in total. The van der Waals surface area contributed by atoms with Gasteiger partial charge in [0.1, 0.15) is 5.00 Å². The van der Waals surface area contributed by atoms with E-state index in [1.807, 2.05) is 29.1 Å². The van der Waals surface area contributed by atoms with Crippen molar-refractivity contribution in [3.63, 3.8) is 0 Å². The third kappa shape index (κ3) is 2.14. The summed E-state index contributed by atoms with van der Waals surface area (Å²) in [5.41, 5.74) is -0.596. The zero-order valence-corrected chi connectivity index (χ0v) is 12.4. The molecule has 19 heavy (non-hydrogen) atoms. The van der Waals surface area contributed by atoms with Gasteiger partial charge in [-0.2, -0.15) is 5.10 Å². The molecule has 0 aliphatic carbocycles. The second-order valence-electron chi connectivity index (χ2n) is 5.71. The van der Waals surface area contributed by atoms with Crippen LogP contribution in [-0.2, 0) is 9.31 Å². The van der Waals surface area contributed by atoms with Gasteiger partial charge in [-0.05, 0) is 45.9 Å². The molecule has 1 aliphatic heterocycles. The van der Waals surface area contributed by atoms with Gasteiger partial charge in [0.05, 0.1) is 11.2 Å². The zero-order valence-electron chi connectivity index (χ0n) is 11.6. The highest BCUT2D eigenvalue weighted by atomic mass is 32.1. The third-order valence-corrected chi connectivity index (χ3v) is 4.92. The maximum absolute atomic E-state index is 6.04. The molecule has 2 aromatic heterocycles. The first-order chi connectivity index (χ1) is 8.89. The first kappa shape index (κ1) is 12.9.